The fourth-order valence-corrected chi connectivity index (χ4v) is 3.88. The van der Waals surface area contributed by atoms with E-state index in [4.69, 9.17) is 0 Å². The molecular weight excluding hydrogens is 310 g/mol. The zero-order chi connectivity index (χ0) is 17.2. The summed E-state index contributed by atoms with van der Waals surface area (Å²) in [5, 5.41) is 13.8. The lowest BCUT2D eigenvalue weighted by atomic mass is 9.81. The minimum atomic E-state index is -0.829. The number of hydrogen-bond donors (Lipinski definition) is 1. The molecule has 3 rings (SSSR count). The molecule has 0 radical (unpaired) electrons. The van der Waals surface area contributed by atoms with Gasteiger partial charge in [-0.3, -0.25) is 19.2 Å². The van der Waals surface area contributed by atoms with E-state index in [9.17, 15) is 14.7 Å². The number of likely N-dealkylation sites (tertiary alicyclic amines) is 2. The minimum absolute atomic E-state index is 0.00536. The number of carbonyl (C=O) groups excluding carboxylic acids is 1. The Morgan fingerprint density at radius 1 is 1.38 bits per heavy atom. The second-order valence-electron chi connectivity index (χ2n) is 6.68. The van der Waals surface area contributed by atoms with Crippen molar-refractivity contribution in [2.75, 3.05) is 32.7 Å². The molecule has 0 aliphatic carbocycles. The number of aromatic nitrogens is 3. The number of aryl methyl sites for hydroxylation is 1. The van der Waals surface area contributed by atoms with Gasteiger partial charge in [0.25, 0.3) is 0 Å². The first-order valence-corrected chi connectivity index (χ1v) is 8.22. The van der Waals surface area contributed by atoms with Crippen molar-refractivity contribution in [3.63, 3.8) is 0 Å². The first kappa shape index (κ1) is 16.6. The van der Waals surface area contributed by atoms with Gasteiger partial charge in [-0.15, -0.1) is 6.58 Å². The standard InChI is InChI=1S/C16H23N5O3/c1-2-5-19-7-13-8-20(10-16(13,9-19)15(23)24)14(22)4-3-6-21-12-17-11-18-21/h2,11-13H,1,3-10H2,(H,23,24)/t13-,16-/m1/s1. The molecule has 8 heteroatoms. The second-order valence-corrected chi connectivity index (χ2v) is 6.68. The second kappa shape index (κ2) is 6.72. The van der Waals surface area contributed by atoms with Gasteiger partial charge in [0.15, 0.2) is 0 Å². The Balaban J connectivity index is 1.56. The van der Waals surface area contributed by atoms with Crippen molar-refractivity contribution in [3.8, 4) is 0 Å². The van der Waals surface area contributed by atoms with E-state index in [0.29, 0.717) is 52.1 Å². The molecule has 0 saturated carbocycles. The van der Waals surface area contributed by atoms with E-state index in [1.54, 1.807) is 22.0 Å². The molecule has 0 spiro atoms. The Morgan fingerprint density at radius 2 is 2.21 bits per heavy atom. The van der Waals surface area contributed by atoms with Crippen LogP contribution in [-0.2, 0) is 16.1 Å². The van der Waals surface area contributed by atoms with E-state index in [1.165, 1.54) is 6.33 Å². The molecule has 130 valence electrons. The molecule has 1 aromatic heterocycles. The number of carboxylic acid groups (broad SMARTS) is 1. The SMILES string of the molecule is C=CCN1C[C@@H]2CN(C(=O)CCCn3cncn3)C[C@]2(C(=O)O)C1. The number of nitrogens with zero attached hydrogens (tertiary/aromatic N) is 5. The quantitative estimate of drug-likeness (QED) is 0.711. The number of aliphatic carboxylic acids is 1. The Hall–Kier alpha value is -2.22. The average molecular weight is 333 g/mol. The highest BCUT2D eigenvalue weighted by Gasteiger charge is 2.58. The highest BCUT2D eigenvalue weighted by Crippen LogP contribution is 2.42. The number of rotatable bonds is 7. The fraction of sp³-hybridized carbons (Fsp3) is 0.625. The Morgan fingerprint density at radius 3 is 2.83 bits per heavy atom. The van der Waals surface area contributed by atoms with Gasteiger partial charge in [0.05, 0.1) is 0 Å². The van der Waals surface area contributed by atoms with E-state index in [0.717, 1.165) is 0 Å². The highest BCUT2D eigenvalue weighted by molar-refractivity contribution is 5.81. The van der Waals surface area contributed by atoms with Crippen molar-refractivity contribution in [1.82, 2.24) is 24.6 Å². The monoisotopic (exact) mass is 333 g/mol. The van der Waals surface area contributed by atoms with Crippen molar-refractivity contribution < 1.29 is 14.7 Å². The maximum atomic E-state index is 12.4. The number of hydrogen-bond acceptors (Lipinski definition) is 5. The molecule has 0 aromatic carbocycles. The van der Waals surface area contributed by atoms with Crippen LogP contribution in [0.4, 0.5) is 0 Å². The maximum Gasteiger partial charge on any atom is 0.313 e. The molecule has 2 atom stereocenters. The maximum absolute atomic E-state index is 12.4. The number of carbonyl (C=O) groups is 2. The predicted molar refractivity (Wildman–Crippen MR) is 86.0 cm³/mol. The van der Waals surface area contributed by atoms with Crippen LogP contribution in [0.3, 0.4) is 0 Å². The lowest BCUT2D eigenvalue weighted by Gasteiger charge is -2.25. The van der Waals surface area contributed by atoms with Crippen LogP contribution >= 0.6 is 0 Å². The first-order chi connectivity index (χ1) is 11.5. The predicted octanol–water partition coefficient (Wildman–Crippen LogP) is 0.0893. The summed E-state index contributed by atoms with van der Waals surface area (Å²) in [5.41, 5.74) is -0.829. The third-order valence-electron chi connectivity index (χ3n) is 5.09. The first-order valence-electron chi connectivity index (χ1n) is 8.22. The zero-order valence-electron chi connectivity index (χ0n) is 13.7. The Labute approximate surface area is 140 Å². The van der Waals surface area contributed by atoms with E-state index in [2.05, 4.69) is 21.6 Å². The van der Waals surface area contributed by atoms with Gasteiger partial charge in [-0.05, 0) is 6.42 Å². The van der Waals surface area contributed by atoms with Crippen molar-refractivity contribution in [1.29, 1.82) is 0 Å². The van der Waals surface area contributed by atoms with Crippen LogP contribution in [0.5, 0.6) is 0 Å². The van der Waals surface area contributed by atoms with Crippen LogP contribution in [0.1, 0.15) is 12.8 Å². The summed E-state index contributed by atoms with van der Waals surface area (Å²) >= 11 is 0. The summed E-state index contributed by atoms with van der Waals surface area (Å²) < 4.78 is 1.69. The fourth-order valence-electron chi connectivity index (χ4n) is 3.88. The molecule has 8 nitrogen and oxygen atoms in total. The van der Waals surface area contributed by atoms with Gasteiger partial charge < -0.3 is 10.0 Å². The van der Waals surface area contributed by atoms with Crippen LogP contribution in [0, 0.1) is 11.3 Å². The molecule has 0 bridgehead atoms. The summed E-state index contributed by atoms with van der Waals surface area (Å²) in [6.07, 6.45) is 5.96. The Kier molecular flexibility index (Phi) is 4.66. The topological polar surface area (TPSA) is 91.6 Å². The van der Waals surface area contributed by atoms with Gasteiger partial charge in [0.1, 0.15) is 18.1 Å². The third kappa shape index (κ3) is 3.06. The van der Waals surface area contributed by atoms with E-state index >= 15 is 0 Å². The number of amides is 1. The smallest absolute Gasteiger partial charge is 0.313 e. The van der Waals surface area contributed by atoms with E-state index < -0.39 is 11.4 Å². The molecule has 0 unspecified atom stereocenters. The molecule has 3 heterocycles. The number of carboxylic acids is 1. The van der Waals surface area contributed by atoms with Crippen LogP contribution in [0.25, 0.3) is 0 Å². The van der Waals surface area contributed by atoms with Gasteiger partial charge in [-0.25, -0.2) is 4.98 Å². The van der Waals surface area contributed by atoms with Gasteiger partial charge in [0.2, 0.25) is 5.91 Å². The van der Waals surface area contributed by atoms with Crippen LogP contribution < -0.4 is 0 Å². The van der Waals surface area contributed by atoms with Gasteiger partial charge >= 0.3 is 5.97 Å². The highest BCUT2D eigenvalue weighted by atomic mass is 16.4. The third-order valence-corrected chi connectivity index (χ3v) is 5.09. The van der Waals surface area contributed by atoms with Crippen LogP contribution in [-0.4, -0.2) is 74.3 Å². The molecule has 24 heavy (non-hydrogen) atoms. The lowest BCUT2D eigenvalue weighted by Crippen LogP contribution is -2.42. The molecule has 1 amide bonds. The normalized spacial score (nSPS) is 26.5. The van der Waals surface area contributed by atoms with Crippen molar-refractivity contribution >= 4 is 11.9 Å². The molecule has 2 aliphatic heterocycles. The van der Waals surface area contributed by atoms with E-state index in [1.807, 2.05) is 0 Å². The summed E-state index contributed by atoms with van der Waals surface area (Å²) in [5.74, 6) is -0.772. The largest absolute Gasteiger partial charge is 0.481 e. The summed E-state index contributed by atoms with van der Waals surface area (Å²) in [4.78, 5) is 32.0. The van der Waals surface area contributed by atoms with Gasteiger partial charge in [0, 0.05) is 51.6 Å². The molecule has 2 aliphatic rings. The van der Waals surface area contributed by atoms with Crippen molar-refractivity contribution in [2.45, 2.75) is 19.4 Å². The van der Waals surface area contributed by atoms with E-state index in [-0.39, 0.29) is 11.8 Å². The Bertz CT molecular complexity index is 617. The molecule has 2 saturated heterocycles. The summed E-state index contributed by atoms with van der Waals surface area (Å²) in [6, 6.07) is 0. The zero-order valence-corrected chi connectivity index (χ0v) is 13.7. The van der Waals surface area contributed by atoms with Crippen molar-refractivity contribution in [3.05, 3.63) is 25.3 Å². The van der Waals surface area contributed by atoms with Crippen LogP contribution in [0.15, 0.2) is 25.3 Å². The van der Waals surface area contributed by atoms with Crippen LogP contribution in [0.2, 0.25) is 0 Å². The molecular formula is C16H23N5O3. The van der Waals surface area contributed by atoms with Gasteiger partial charge in [-0.2, -0.15) is 5.10 Å². The summed E-state index contributed by atoms with van der Waals surface area (Å²) in [7, 11) is 0. The molecule has 1 N–H and O–H groups in total. The van der Waals surface area contributed by atoms with Crippen molar-refractivity contribution in [2.24, 2.45) is 11.3 Å². The van der Waals surface area contributed by atoms with Gasteiger partial charge in [-0.1, -0.05) is 6.08 Å². The lowest BCUT2D eigenvalue weighted by molar-refractivity contribution is -0.149. The summed E-state index contributed by atoms with van der Waals surface area (Å²) in [6.45, 7) is 7.08. The molecule has 2 fully saturated rings. The minimum Gasteiger partial charge on any atom is -0.481 e. The number of fused-ring (bicyclic) bond motifs is 1. The average Bonchev–Trinajstić information content (AvgIpc) is 3.21. The molecule has 1 aromatic rings.